The normalized spacial score (nSPS) is 24.0. The summed E-state index contributed by atoms with van der Waals surface area (Å²) >= 11 is 0. The summed E-state index contributed by atoms with van der Waals surface area (Å²) in [7, 11) is 0. The lowest BCUT2D eigenvalue weighted by Gasteiger charge is -2.39. The molecular formula is C17H25ClN2O2. The van der Waals surface area contributed by atoms with Gasteiger partial charge in [-0.1, -0.05) is 18.2 Å². The Morgan fingerprint density at radius 3 is 2.91 bits per heavy atom. The standard InChI is InChI=1S/C17H24N2O2.ClH/c18-10-8-13-5-3-4-11-19(13)17(20)15-9-12-21-16-7-2-1-6-14(15)16;/h1-2,6-7,13,15H,3-5,8-12,18H2;1H. The second-order valence-electron chi connectivity index (χ2n) is 5.99. The highest BCUT2D eigenvalue weighted by Gasteiger charge is 2.34. The summed E-state index contributed by atoms with van der Waals surface area (Å²) in [5.41, 5.74) is 6.77. The highest BCUT2D eigenvalue weighted by Crippen LogP contribution is 2.36. The molecule has 2 aliphatic heterocycles. The molecule has 2 unspecified atom stereocenters. The number of benzene rings is 1. The van der Waals surface area contributed by atoms with Crippen molar-refractivity contribution in [3.63, 3.8) is 0 Å². The Labute approximate surface area is 138 Å². The van der Waals surface area contributed by atoms with E-state index in [1.165, 1.54) is 6.42 Å². The third-order valence-corrected chi connectivity index (χ3v) is 4.67. The monoisotopic (exact) mass is 324 g/mol. The first-order chi connectivity index (χ1) is 10.3. The topological polar surface area (TPSA) is 55.6 Å². The molecule has 1 amide bonds. The SMILES string of the molecule is Cl.NCCC1CCCCN1C(=O)C1CCOc2ccccc21. The number of para-hydroxylation sites is 1. The minimum absolute atomic E-state index is 0. The van der Waals surface area contributed by atoms with Crippen LogP contribution in [0.2, 0.25) is 0 Å². The maximum Gasteiger partial charge on any atom is 0.230 e. The average molecular weight is 325 g/mol. The number of rotatable bonds is 3. The molecule has 1 aromatic rings. The molecule has 0 bridgehead atoms. The zero-order valence-electron chi connectivity index (χ0n) is 12.9. The van der Waals surface area contributed by atoms with E-state index in [9.17, 15) is 4.79 Å². The number of fused-ring (bicyclic) bond motifs is 1. The molecule has 4 nitrogen and oxygen atoms in total. The zero-order chi connectivity index (χ0) is 14.7. The second kappa shape index (κ2) is 7.84. The molecule has 5 heteroatoms. The third-order valence-electron chi connectivity index (χ3n) is 4.67. The van der Waals surface area contributed by atoms with Crippen LogP contribution in [-0.2, 0) is 4.79 Å². The average Bonchev–Trinajstić information content (AvgIpc) is 2.54. The summed E-state index contributed by atoms with van der Waals surface area (Å²) in [6, 6.07) is 8.26. The van der Waals surface area contributed by atoms with Gasteiger partial charge in [-0.15, -0.1) is 12.4 Å². The van der Waals surface area contributed by atoms with Gasteiger partial charge in [-0.25, -0.2) is 0 Å². The van der Waals surface area contributed by atoms with Crippen LogP contribution in [0.4, 0.5) is 0 Å². The Bertz CT molecular complexity index is 507. The van der Waals surface area contributed by atoms with Crippen molar-refractivity contribution in [3.8, 4) is 5.75 Å². The first-order valence-electron chi connectivity index (χ1n) is 8.03. The van der Waals surface area contributed by atoms with Crippen LogP contribution in [0.1, 0.15) is 43.6 Å². The third kappa shape index (κ3) is 3.39. The molecule has 3 rings (SSSR count). The van der Waals surface area contributed by atoms with Gasteiger partial charge in [0.05, 0.1) is 12.5 Å². The van der Waals surface area contributed by atoms with Crippen molar-refractivity contribution in [2.45, 2.75) is 44.1 Å². The van der Waals surface area contributed by atoms with E-state index >= 15 is 0 Å². The van der Waals surface area contributed by atoms with Crippen LogP contribution in [0.3, 0.4) is 0 Å². The molecule has 0 aromatic heterocycles. The van der Waals surface area contributed by atoms with Crippen LogP contribution < -0.4 is 10.5 Å². The lowest BCUT2D eigenvalue weighted by atomic mass is 9.89. The number of amides is 1. The van der Waals surface area contributed by atoms with Crippen LogP contribution in [-0.4, -0.2) is 36.5 Å². The number of likely N-dealkylation sites (tertiary alicyclic amines) is 1. The van der Waals surface area contributed by atoms with Crippen molar-refractivity contribution in [1.82, 2.24) is 4.90 Å². The van der Waals surface area contributed by atoms with E-state index in [0.29, 0.717) is 19.2 Å². The zero-order valence-corrected chi connectivity index (χ0v) is 13.7. The van der Waals surface area contributed by atoms with Crippen LogP contribution >= 0.6 is 12.4 Å². The second-order valence-corrected chi connectivity index (χ2v) is 5.99. The van der Waals surface area contributed by atoms with Crippen molar-refractivity contribution >= 4 is 18.3 Å². The predicted octanol–water partition coefficient (Wildman–Crippen LogP) is 2.70. The largest absolute Gasteiger partial charge is 0.493 e. The summed E-state index contributed by atoms with van der Waals surface area (Å²) in [5.74, 6) is 1.09. The molecule has 1 aromatic carbocycles. The predicted molar refractivity (Wildman–Crippen MR) is 89.6 cm³/mol. The van der Waals surface area contributed by atoms with E-state index in [0.717, 1.165) is 43.5 Å². The summed E-state index contributed by atoms with van der Waals surface area (Å²) in [6.45, 7) is 2.16. The number of nitrogens with zero attached hydrogens (tertiary/aromatic N) is 1. The molecule has 1 fully saturated rings. The van der Waals surface area contributed by atoms with Gasteiger partial charge in [0.1, 0.15) is 5.75 Å². The van der Waals surface area contributed by atoms with Gasteiger partial charge in [-0.2, -0.15) is 0 Å². The number of halogens is 1. The maximum atomic E-state index is 13.0. The fraction of sp³-hybridized carbons (Fsp3) is 0.588. The van der Waals surface area contributed by atoms with Gasteiger partial charge in [0.2, 0.25) is 5.91 Å². The Hall–Kier alpha value is -1.26. The van der Waals surface area contributed by atoms with E-state index in [1.54, 1.807) is 0 Å². The number of nitrogens with two attached hydrogens (primary N) is 1. The van der Waals surface area contributed by atoms with Gasteiger partial charge in [0, 0.05) is 18.2 Å². The fourth-order valence-electron chi connectivity index (χ4n) is 3.58. The molecule has 0 radical (unpaired) electrons. The van der Waals surface area contributed by atoms with E-state index < -0.39 is 0 Å². The fourth-order valence-corrected chi connectivity index (χ4v) is 3.58. The van der Waals surface area contributed by atoms with Crippen molar-refractivity contribution in [2.75, 3.05) is 19.7 Å². The summed E-state index contributed by atoms with van der Waals surface area (Å²) in [6.07, 6.45) is 5.10. The molecule has 2 aliphatic rings. The van der Waals surface area contributed by atoms with Crippen LogP contribution in [0.15, 0.2) is 24.3 Å². The van der Waals surface area contributed by atoms with Gasteiger partial charge in [-0.3, -0.25) is 4.79 Å². The summed E-state index contributed by atoms with van der Waals surface area (Å²) < 4.78 is 5.67. The molecule has 2 atom stereocenters. The molecule has 2 N–H and O–H groups in total. The van der Waals surface area contributed by atoms with Crippen LogP contribution in [0.5, 0.6) is 5.75 Å². The summed E-state index contributed by atoms with van der Waals surface area (Å²) in [5, 5.41) is 0. The maximum absolute atomic E-state index is 13.0. The number of ether oxygens (including phenoxy) is 1. The lowest BCUT2D eigenvalue weighted by molar-refractivity contribution is -0.137. The van der Waals surface area contributed by atoms with Gasteiger partial charge in [-0.05, 0) is 44.7 Å². The number of carbonyl (C=O) groups excluding carboxylic acids is 1. The minimum Gasteiger partial charge on any atom is -0.493 e. The molecule has 0 aliphatic carbocycles. The molecule has 22 heavy (non-hydrogen) atoms. The number of hydrogen-bond donors (Lipinski definition) is 1. The van der Waals surface area contributed by atoms with Crippen molar-refractivity contribution in [1.29, 1.82) is 0 Å². The highest BCUT2D eigenvalue weighted by molar-refractivity contribution is 5.85. The van der Waals surface area contributed by atoms with Crippen molar-refractivity contribution in [3.05, 3.63) is 29.8 Å². The molecule has 1 saturated heterocycles. The van der Waals surface area contributed by atoms with E-state index in [4.69, 9.17) is 10.5 Å². The Morgan fingerprint density at radius 2 is 2.09 bits per heavy atom. The first-order valence-corrected chi connectivity index (χ1v) is 8.03. The smallest absolute Gasteiger partial charge is 0.230 e. The lowest BCUT2D eigenvalue weighted by Crippen LogP contribution is -2.47. The molecule has 0 spiro atoms. The minimum atomic E-state index is -0.0478. The van der Waals surface area contributed by atoms with E-state index in [2.05, 4.69) is 4.90 Å². The van der Waals surface area contributed by atoms with Crippen LogP contribution in [0.25, 0.3) is 0 Å². The van der Waals surface area contributed by atoms with Crippen molar-refractivity contribution < 1.29 is 9.53 Å². The van der Waals surface area contributed by atoms with Gasteiger partial charge in [0.15, 0.2) is 0 Å². The number of piperidine rings is 1. The van der Waals surface area contributed by atoms with Crippen LogP contribution in [0, 0.1) is 0 Å². The molecule has 0 saturated carbocycles. The number of hydrogen-bond acceptors (Lipinski definition) is 3. The first kappa shape index (κ1) is 17.1. The van der Waals surface area contributed by atoms with E-state index in [-0.39, 0.29) is 24.2 Å². The number of carbonyl (C=O) groups is 1. The van der Waals surface area contributed by atoms with Gasteiger partial charge < -0.3 is 15.4 Å². The Balaban J connectivity index is 0.00000176. The van der Waals surface area contributed by atoms with E-state index in [1.807, 2.05) is 24.3 Å². The Kier molecular flexibility index (Phi) is 6.09. The van der Waals surface area contributed by atoms with Gasteiger partial charge in [0.25, 0.3) is 0 Å². The highest BCUT2D eigenvalue weighted by atomic mass is 35.5. The quantitative estimate of drug-likeness (QED) is 0.930. The van der Waals surface area contributed by atoms with Gasteiger partial charge >= 0.3 is 0 Å². The summed E-state index contributed by atoms with van der Waals surface area (Å²) in [4.78, 5) is 15.1. The molecule has 122 valence electrons. The Morgan fingerprint density at radius 1 is 1.27 bits per heavy atom. The molecule has 2 heterocycles. The van der Waals surface area contributed by atoms with Crippen molar-refractivity contribution in [2.24, 2.45) is 5.73 Å². The molecular weight excluding hydrogens is 300 g/mol.